The van der Waals surface area contributed by atoms with Crippen LogP contribution in [0.1, 0.15) is 40.5 Å². The highest BCUT2D eigenvalue weighted by molar-refractivity contribution is 7.97. The molecule has 1 N–H and O–H groups in total. The van der Waals surface area contributed by atoms with E-state index in [9.17, 15) is 28.1 Å². The van der Waals surface area contributed by atoms with Gasteiger partial charge in [-0.25, -0.2) is 8.42 Å². The van der Waals surface area contributed by atoms with Crippen molar-refractivity contribution in [2.24, 2.45) is 5.92 Å². The van der Waals surface area contributed by atoms with Gasteiger partial charge >= 0.3 is 0 Å². The number of ketones is 2. The predicted molar refractivity (Wildman–Crippen MR) is 118 cm³/mol. The van der Waals surface area contributed by atoms with Gasteiger partial charge in [0.25, 0.3) is 15.7 Å². The second-order valence-electron chi connectivity index (χ2n) is 7.96. The Morgan fingerprint density at radius 1 is 0.969 bits per heavy atom. The van der Waals surface area contributed by atoms with Gasteiger partial charge in [0.2, 0.25) is 11.6 Å². The maximum Gasteiger partial charge on any atom is 0.269 e. The summed E-state index contributed by atoms with van der Waals surface area (Å²) >= 11 is 0. The fraction of sp³-hybridized carbons (Fsp3) is 0.273. The van der Waals surface area contributed by atoms with Crippen molar-refractivity contribution in [2.45, 2.75) is 19.8 Å². The molecule has 1 saturated heterocycles. The van der Waals surface area contributed by atoms with Crippen molar-refractivity contribution in [1.29, 1.82) is 0 Å². The third-order valence-electron chi connectivity index (χ3n) is 5.75. The van der Waals surface area contributed by atoms with E-state index in [1.54, 1.807) is 17.0 Å². The molecule has 10 heteroatoms. The number of nitrogens with zero attached hydrogens (tertiary/aromatic N) is 2. The topological polar surface area (TPSA) is 127 Å². The molecule has 1 aliphatic heterocycles. The molecule has 4 rings (SSSR count). The number of piperidine rings is 1. The summed E-state index contributed by atoms with van der Waals surface area (Å²) < 4.78 is 29.0. The summed E-state index contributed by atoms with van der Waals surface area (Å²) in [6.45, 7) is 3.02. The van der Waals surface area contributed by atoms with Gasteiger partial charge in [-0.2, -0.15) is 0 Å². The lowest BCUT2D eigenvalue weighted by Gasteiger charge is -2.35. The highest BCUT2D eigenvalue weighted by Gasteiger charge is 2.42. The normalized spacial score (nSPS) is 17.3. The molecule has 9 nitrogen and oxygen atoms in total. The monoisotopic (exact) mass is 455 g/mol. The third kappa shape index (κ3) is 3.89. The molecule has 0 amide bonds. The Balaban J connectivity index is 1.80. The van der Waals surface area contributed by atoms with Crippen LogP contribution < -0.4 is 4.72 Å². The van der Waals surface area contributed by atoms with Crippen LogP contribution in [0.15, 0.2) is 59.1 Å². The highest BCUT2D eigenvalue weighted by atomic mass is 32.2. The zero-order valence-corrected chi connectivity index (χ0v) is 18.1. The zero-order chi connectivity index (χ0) is 23.0. The largest absolute Gasteiger partial charge is 0.367 e. The van der Waals surface area contributed by atoms with Crippen LogP contribution in [0.2, 0.25) is 0 Å². The zero-order valence-electron chi connectivity index (χ0n) is 17.3. The maximum atomic E-state index is 13.4. The SMILES string of the molecule is CC1CCN(C2=C(S(=O)(=O)Nc3ccc([N+](=O)[O-])cc3)C(=O)c3ccccc3C2=O)CC1. The number of likely N-dealkylation sites (tertiary alicyclic amines) is 1. The lowest BCUT2D eigenvalue weighted by Crippen LogP contribution is -2.41. The standard InChI is InChI=1S/C22H21N3O6S/c1-14-10-12-24(13-11-14)19-20(26)17-4-2-3-5-18(17)21(27)22(19)32(30,31)23-15-6-8-16(9-7-15)25(28)29/h2-9,14,23H,10-13H2,1H3. The summed E-state index contributed by atoms with van der Waals surface area (Å²) in [5.41, 5.74) is -0.0481. The van der Waals surface area contributed by atoms with Crippen LogP contribution >= 0.6 is 0 Å². The Bertz CT molecular complexity index is 1240. The number of fused-ring (bicyclic) bond motifs is 1. The molecule has 166 valence electrons. The number of nitrogens with one attached hydrogen (secondary N) is 1. The third-order valence-corrected chi connectivity index (χ3v) is 7.17. The van der Waals surface area contributed by atoms with Crippen molar-refractivity contribution in [1.82, 2.24) is 4.90 Å². The van der Waals surface area contributed by atoms with Crippen LogP contribution in [-0.2, 0) is 10.0 Å². The van der Waals surface area contributed by atoms with E-state index >= 15 is 0 Å². The van der Waals surface area contributed by atoms with E-state index in [2.05, 4.69) is 11.6 Å². The Morgan fingerprint density at radius 3 is 2.09 bits per heavy atom. The highest BCUT2D eigenvalue weighted by Crippen LogP contribution is 2.34. The van der Waals surface area contributed by atoms with Crippen LogP contribution in [0.5, 0.6) is 0 Å². The first-order chi connectivity index (χ1) is 15.2. The van der Waals surface area contributed by atoms with E-state index in [1.165, 1.54) is 24.3 Å². The number of nitro benzene ring substituents is 1. The van der Waals surface area contributed by atoms with Crippen LogP contribution in [0.3, 0.4) is 0 Å². The van der Waals surface area contributed by atoms with Crippen LogP contribution in [0.4, 0.5) is 11.4 Å². The minimum Gasteiger partial charge on any atom is -0.367 e. The van der Waals surface area contributed by atoms with Crippen LogP contribution in [-0.4, -0.2) is 42.9 Å². The first-order valence-corrected chi connectivity index (χ1v) is 11.6. The molecule has 0 saturated carbocycles. The summed E-state index contributed by atoms with van der Waals surface area (Å²) in [7, 11) is -4.46. The summed E-state index contributed by atoms with van der Waals surface area (Å²) in [6, 6.07) is 11.0. The summed E-state index contributed by atoms with van der Waals surface area (Å²) in [6.07, 6.45) is 1.55. The van der Waals surface area contributed by atoms with Gasteiger partial charge in [-0.05, 0) is 30.9 Å². The number of hydrogen-bond acceptors (Lipinski definition) is 7. The molecular weight excluding hydrogens is 434 g/mol. The van der Waals surface area contributed by atoms with Crippen molar-refractivity contribution in [3.05, 3.63) is 80.4 Å². The number of non-ortho nitro benzene ring substituents is 1. The number of allylic oxidation sites excluding steroid dienone is 2. The number of nitro groups is 1. The molecule has 0 spiro atoms. The quantitative estimate of drug-likeness (QED) is 0.541. The number of anilines is 1. The van der Waals surface area contributed by atoms with Crippen molar-refractivity contribution >= 4 is 33.0 Å². The van der Waals surface area contributed by atoms with Crippen molar-refractivity contribution in [3.63, 3.8) is 0 Å². The Kier molecular flexibility index (Phi) is 5.55. The summed E-state index contributed by atoms with van der Waals surface area (Å²) in [5, 5.41) is 10.9. The van der Waals surface area contributed by atoms with Crippen LogP contribution in [0.25, 0.3) is 0 Å². The first kappa shape index (κ1) is 21.7. The van der Waals surface area contributed by atoms with Gasteiger partial charge in [0, 0.05) is 42.0 Å². The fourth-order valence-corrected chi connectivity index (χ4v) is 5.34. The molecular formula is C22H21N3O6S. The van der Waals surface area contributed by atoms with Gasteiger partial charge in [0.1, 0.15) is 5.70 Å². The van der Waals surface area contributed by atoms with E-state index in [1.807, 2.05) is 0 Å². The molecule has 0 bridgehead atoms. The predicted octanol–water partition coefficient (Wildman–Crippen LogP) is 3.36. The van der Waals surface area contributed by atoms with Crippen molar-refractivity contribution in [3.8, 4) is 0 Å². The number of benzene rings is 2. The van der Waals surface area contributed by atoms with Gasteiger partial charge in [-0.15, -0.1) is 0 Å². The van der Waals surface area contributed by atoms with E-state index in [-0.39, 0.29) is 28.2 Å². The summed E-state index contributed by atoms with van der Waals surface area (Å²) in [4.78, 5) is 38.0. The molecule has 1 fully saturated rings. The number of sulfonamides is 1. The minimum absolute atomic E-state index is 0.0377. The number of carbonyl (C=O) groups is 2. The molecule has 32 heavy (non-hydrogen) atoms. The molecule has 2 aliphatic rings. The lowest BCUT2D eigenvalue weighted by atomic mass is 9.90. The number of carbonyl (C=O) groups excluding carboxylic acids is 2. The maximum absolute atomic E-state index is 13.4. The molecule has 2 aromatic rings. The number of rotatable bonds is 5. The average molecular weight is 455 g/mol. The number of hydrogen-bond donors (Lipinski definition) is 1. The van der Waals surface area contributed by atoms with Gasteiger partial charge in [-0.1, -0.05) is 31.2 Å². The Labute approximate surface area is 184 Å². The minimum atomic E-state index is -4.46. The lowest BCUT2D eigenvalue weighted by molar-refractivity contribution is -0.384. The molecule has 1 heterocycles. The average Bonchev–Trinajstić information content (AvgIpc) is 2.77. The smallest absolute Gasteiger partial charge is 0.269 e. The van der Waals surface area contributed by atoms with E-state index in [0.717, 1.165) is 25.0 Å². The van der Waals surface area contributed by atoms with E-state index < -0.39 is 31.4 Å². The Hall–Kier alpha value is -3.53. The van der Waals surface area contributed by atoms with Gasteiger partial charge in [-0.3, -0.25) is 24.4 Å². The van der Waals surface area contributed by atoms with Crippen molar-refractivity contribution < 1.29 is 22.9 Å². The van der Waals surface area contributed by atoms with Gasteiger partial charge in [0.15, 0.2) is 4.91 Å². The molecule has 1 aliphatic carbocycles. The number of Topliss-reactive ketones (excluding diaryl/α,β-unsaturated/α-hetero) is 2. The Morgan fingerprint density at radius 2 is 1.53 bits per heavy atom. The molecule has 2 aromatic carbocycles. The van der Waals surface area contributed by atoms with E-state index in [0.29, 0.717) is 19.0 Å². The van der Waals surface area contributed by atoms with Gasteiger partial charge in [0.05, 0.1) is 4.92 Å². The van der Waals surface area contributed by atoms with E-state index in [4.69, 9.17) is 0 Å². The molecule has 0 unspecified atom stereocenters. The molecule has 0 radical (unpaired) electrons. The first-order valence-electron chi connectivity index (χ1n) is 10.1. The second-order valence-corrected chi connectivity index (χ2v) is 9.58. The molecule has 0 aromatic heterocycles. The fourth-order valence-electron chi connectivity index (χ4n) is 3.97. The van der Waals surface area contributed by atoms with Crippen LogP contribution in [0, 0.1) is 16.0 Å². The van der Waals surface area contributed by atoms with Crippen molar-refractivity contribution in [2.75, 3.05) is 17.8 Å². The summed E-state index contributed by atoms with van der Waals surface area (Å²) in [5.74, 6) is -0.811. The second kappa shape index (κ2) is 8.19. The molecule has 0 atom stereocenters. The van der Waals surface area contributed by atoms with Gasteiger partial charge < -0.3 is 4.90 Å².